The van der Waals surface area contributed by atoms with E-state index in [1.165, 1.54) is 0 Å². The van der Waals surface area contributed by atoms with Crippen molar-refractivity contribution in [3.63, 3.8) is 0 Å². The van der Waals surface area contributed by atoms with Crippen LogP contribution in [0, 0.1) is 13.8 Å². The molecule has 2 heterocycles. The lowest BCUT2D eigenvalue weighted by Crippen LogP contribution is -2.00. The van der Waals surface area contributed by atoms with E-state index < -0.39 is 5.97 Å². The molecule has 5 heteroatoms. The van der Waals surface area contributed by atoms with Crippen LogP contribution < -0.4 is 0 Å². The third-order valence-electron chi connectivity index (χ3n) is 2.27. The second-order valence-electron chi connectivity index (χ2n) is 3.36. The maximum absolute atomic E-state index is 10.5. The van der Waals surface area contributed by atoms with Crippen molar-refractivity contribution in [2.45, 2.75) is 20.3 Å². The number of aromatic nitrogens is 3. The Bertz CT molecular complexity index is 495. The molecule has 2 aromatic heterocycles. The molecule has 0 radical (unpaired) electrons. The number of aryl methyl sites for hydroxylation is 2. The molecule has 0 fully saturated rings. The van der Waals surface area contributed by atoms with Gasteiger partial charge >= 0.3 is 5.97 Å². The number of hydrogen-bond acceptors (Lipinski definition) is 2. The molecule has 0 amide bonds. The maximum atomic E-state index is 10.5. The second kappa shape index (κ2) is 2.87. The van der Waals surface area contributed by atoms with Crippen LogP contribution in [-0.2, 0) is 11.2 Å². The number of fused-ring (bicyclic) bond motifs is 1. The number of H-pyrrole nitrogens is 1. The Balaban J connectivity index is 2.48. The zero-order valence-corrected chi connectivity index (χ0v) is 8.03. The first-order valence-corrected chi connectivity index (χ1v) is 4.33. The molecule has 0 spiro atoms. The Kier molecular flexibility index (Phi) is 1.80. The standard InChI is InChI=1S/C9H11N3O2/c1-5-6(2)11-12-4-7(3-8(13)14)10-9(5)12/h4,11H,3H2,1-2H3,(H,13,14). The predicted molar refractivity (Wildman–Crippen MR) is 50.4 cm³/mol. The Morgan fingerprint density at radius 2 is 2.36 bits per heavy atom. The summed E-state index contributed by atoms with van der Waals surface area (Å²) in [6.45, 7) is 3.92. The molecule has 5 nitrogen and oxygen atoms in total. The first kappa shape index (κ1) is 8.80. The number of rotatable bonds is 2. The molecule has 0 aliphatic carbocycles. The van der Waals surface area contributed by atoms with Gasteiger partial charge in [0.05, 0.1) is 18.3 Å². The normalized spacial score (nSPS) is 11.0. The lowest BCUT2D eigenvalue weighted by Gasteiger charge is -1.88. The van der Waals surface area contributed by atoms with Crippen molar-refractivity contribution in [2.75, 3.05) is 0 Å². The molecule has 2 N–H and O–H groups in total. The third-order valence-corrected chi connectivity index (χ3v) is 2.27. The van der Waals surface area contributed by atoms with Gasteiger partial charge in [0, 0.05) is 11.3 Å². The summed E-state index contributed by atoms with van der Waals surface area (Å²) in [5.74, 6) is -0.861. The molecular weight excluding hydrogens is 182 g/mol. The third kappa shape index (κ3) is 1.26. The molecule has 0 unspecified atom stereocenters. The zero-order valence-electron chi connectivity index (χ0n) is 8.03. The van der Waals surface area contributed by atoms with Crippen molar-refractivity contribution in [1.82, 2.24) is 14.6 Å². The number of hydrogen-bond donors (Lipinski definition) is 2. The number of nitrogens with one attached hydrogen (secondary N) is 1. The van der Waals surface area contributed by atoms with Crippen molar-refractivity contribution >= 4 is 11.6 Å². The number of aromatic amines is 1. The summed E-state index contributed by atoms with van der Waals surface area (Å²) in [7, 11) is 0. The summed E-state index contributed by atoms with van der Waals surface area (Å²) in [5.41, 5.74) is 3.49. The Labute approximate surface area is 80.4 Å². The Morgan fingerprint density at radius 1 is 1.64 bits per heavy atom. The largest absolute Gasteiger partial charge is 0.481 e. The number of carbonyl (C=O) groups is 1. The van der Waals surface area contributed by atoms with E-state index >= 15 is 0 Å². The molecule has 14 heavy (non-hydrogen) atoms. The van der Waals surface area contributed by atoms with Crippen LogP contribution in [0.2, 0.25) is 0 Å². The van der Waals surface area contributed by atoms with Gasteiger partial charge in [-0.1, -0.05) is 0 Å². The van der Waals surface area contributed by atoms with Crippen LogP contribution >= 0.6 is 0 Å². The highest BCUT2D eigenvalue weighted by Gasteiger charge is 2.10. The number of carboxylic acids is 1. The number of nitrogens with zero attached hydrogens (tertiary/aromatic N) is 2. The van der Waals surface area contributed by atoms with Crippen LogP contribution in [0.5, 0.6) is 0 Å². The first-order chi connectivity index (χ1) is 6.58. The molecule has 0 saturated carbocycles. The molecule has 0 aromatic carbocycles. The average Bonchev–Trinajstić information content (AvgIpc) is 2.54. The van der Waals surface area contributed by atoms with Gasteiger partial charge < -0.3 is 5.11 Å². The first-order valence-electron chi connectivity index (χ1n) is 4.33. The summed E-state index contributed by atoms with van der Waals surface area (Å²) in [6.07, 6.45) is 1.68. The quantitative estimate of drug-likeness (QED) is 0.744. The summed E-state index contributed by atoms with van der Waals surface area (Å²) in [5, 5.41) is 11.7. The highest BCUT2D eigenvalue weighted by atomic mass is 16.4. The molecule has 0 bridgehead atoms. The predicted octanol–water partition coefficient (Wildman–Crippen LogP) is 0.906. The smallest absolute Gasteiger partial charge is 0.309 e. The van der Waals surface area contributed by atoms with Gasteiger partial charge in [-0.2, -0.15) is 0 Å². The van der Waals surface area contributed by atoms with Gasteiger partial charge in [0.1, 0.15) is 0 Å². The van der Waals surface area contributed by atoms with Gasteiger partial charge in [-0.15, -0.1) is 0 Å². The summed E-state index contributed by atoms with van der Waals surface area (Å²) in [4.78, 5) is 14.7. The fourth-order valence-corrected chi connectivity index (χ4v) is 1.45. The molecule has 2 rings (SSSR count). The number of aliphatic carboxylic acids is 1. The van der Waals surface area contributed by atoms with Gasteiger partial charge in [-0.05, 0) is 13.8 Å². The van der Waals surface area contributed by atoms with Crippen molar-refractivity contribution in [1.29, 1.82) is 0 Å². The van der Waals surface area contributed by atoms with Crippen LogP contribution in [0.25, 0.3) is 5.65 Å². The van der Waals surface area contributed by atoms with Gasteiger partial charge in [-0.3, -0.25) is 9.89 Å². The molecule has 0 aliphatic heterocycles. The van der Waals surface area contributed by atoms with Crippen molar-refractivity contribution < 1.29 is 9.90 Å². The molecule has 0 atom stereocenters. The van der Waals surface area contributed by atoms with Gasteiger partial charge in [0.25, 0.3) is 0 Å². The molecule has 2 aromatic rings. The average molecular weight is 193 g/mol. The number of carboxylic acid groups (broad SMARTS) is 1. The molecule has 0 saturated heterocycles. The summed E-state index contributed by atoms with van der Waals surface area (Å²) in [6, 6.07) is 0. The van der Waals surface area contributed by atoms with E-state index in [2.05, 4.69) is 10.1 Å². The minimum atomic E-state index is -0.861. The number of imidazole rings is 1. The van der Waals surface area contributed by atoms with Crippen molar-refractivity contribution in [2.24, 2.45) is 0 Å². The van der Waals surface area contributed by atoms with Gasteiger partial charge in [-0.25, -0.2) is 9.50 Å². The van der Waals surface area contributed by atoms with E-state index in [1.54, 1.807) is 10.7 Å². The molecule has 74 valence electrons. The van der Waals surface area contributed by atoms with E-state index in [0.717, 1.165) is 16.9 Å². The topological polar surface area (TPSA) is 70.4 Å². The fraction of sp³-hybridized carbons (Fsp3) is 0.333. The minimum absolute atomic E-state index is 0.0337. The lowest BCUT2D eigenvalue weighted by molar-refractivity contribution is -0.136. The summed E-state index contributed by atoms with van der Waals surface area (Å²) >= 11 is 0. The Morgan fingerprint density at radius 3 is 2.93 bits per heavy atom. The van der Waals surface area contributed by atoms with Gasteiger partial charge in [0.15, 0.2) is 5.65 Å². The molecular formula is C9H11N3O2. The Hall–Kier alpha value is -1.78. The SMILES string of the molecule is Cc1[nH]n2cc(CC(=O)O)nc2c1C. The fourth-order valence-electron chi connectivity index (χ4n) is 1.45. The molecule has 0 aliphatic rings. The van der Waals surface area contributed by atoms with Crippen LogP contribution in [0.4, 0.5) is 0 Å². The maximum Gasteiger partial charge on any atom is 0.309 e. The monoisotopic (exact) mass is 193 g/mol. The van der Waals surface area contributed by atoms with Crippen molar-refractivity contribution in [3.05, 3.63) is 23.1 Å². The van der Waals surface area contributed by atoms with Gasteiger partial charge in [0.2, 0.25) is 0 Å². The van der Waals surface area contributed by atoms with Crippen molar-refractivity contribution in [3.8, 4) is 0 Å². The lowest BCUT2D eigenvalue weighted by atomic mass is 10.3. The van der Waals surface area contributed by atoms with Crippen LogP contribution in [0.15, 0.2) is 6.20 Å². The van der Waals surface area contributed by atoms with Crippen LogP contribution in [0.3, 0.4) is 0 Å². The highest BCUT2D eigenvalue weighted by molar-refractivity contribution is 5.70. The van der Waals surface area contributed by atoms with E-state index in [0.29, 0.717) is 5.69 Å². The zero-order chi connectivity index (χ0) is 10.3. The van der Waals surface area contributed by atoms with Crippen LogP contribution in [-0.4, -0.2) is 25.7 Å². The second-order valence-corrected chi connectivity index (χ2v) is 3.36. The van der Waals surface area contributed by atoms with E-state index in [-0.39, 0.29) is 6.42 Å². The van der Waals surface area contributed by atoms with E-state index in [4.69, 9.17) is 5.11 Å². The minimum Gasteiger partial charge on any atom is -0.481 e. The van der Waals surface area contributed by atoms with E-state index in [1.807, 2.05) is 13.8 Å². The summed E-state index contributed by atoms with van der Waals surface area (Å²) < 4.78 is 1.75. The highest BCUT2D eigenvalue weighted by Crippen LogP contribution is 2.13. The van der Waals surface area contributed by atoms with E-state index in [9.17, 15) is 4.79 Å². The van der Waals surface area contributed by atoms with Crippen LogP contribution in [0.1, 0.15) is 17.0 Å².